The van der Waals surface area contributed by atoms with Crippen LogP contribution in [0.15, 0.2) is 58.3 Å². The fourth-order valence-electron chi connectivity index (χ4n) is 4.07. The highest BCUT2D eigenvalue weighted by Crippen LogP contribution is 2.49. The van der Waals surface area contributed by atoms with E-state index in [2.05, 4.69) is 63.7 Å². The van der Waals surface area contributed by atoms with Gasteiger partial charge in [0.1, 0.15) is 11.9 Å². The van der Waals surface area contributed by atoms with Gasteiger partial charge in [0.15, 0.2) is 0 Å². The van der Waals surface area contributed by atoms with Crippen molar-refractivity contribution in [1.82, 2.24) is 14.5 Å². The Morgan fingerprint density at radius 3 is 2.75 bits per heavy atom. The van der Waals surface area contributed by atoms with Crippen LogP contribution in [0.2, 0.25) is 0 Å². The summed E-state index contributed by atoms with van der Waals surface area (Å²) in [6.07, 6.45) is 8.39. The van der Waals surface area contributed by atoms with Gasteiger partial charge in [-0.25, -0.2) is 4.98 Å². The zero-order valence-electron chi connectivity index (χ0n) is 16.2. The van der Waals surface area contributed by atoms with Crippen molar-refractivity contribution in [2.75, 3.05) is 0 Å². The minimum Gasteiger partial charge on any atom is -0.298 e. The van der Waals surface area contributed by atoms with Crippen LogP contribution in [0.5, 0.6) is 0 Å². The lowest BCUT2D eigenvalue weighted by molar-refractivity contribution is 0.590. The maximum atomic E-state index is 5.23. The third kappa shape index (κ3) is 2.84. The lowest BCUT2D eigenvalue weighted by Gasteiger charge is -2.18. The first kappa shape index (κ1) is 17.8. The summed E-state index contributed by atoms with van der Waals surface area (Å²) in [6, 6.07) is 12.5. The molecule has 142 valence electrons. The number of imidazole rings is 1. The molecule has 5 rings (SSSR count). The Balaban J connectivity index is 1.81. The number of hydrogen-bond acceptors (Lipinski definition) is 3. The normalized spacial score (nSPS) is 19.4. The molecule has 0 radical (unpaired) electrons. The Morgan fingerprint density at radius 2 is 2.04 bits per heavy atom. The van der Waals surface area contributed by atoms with E-state index in [0.29, 0.717) is 0 Å². The number of pyridine rings is 1. The van der Waals surface area contributed by atoms with E-state index in [0.717, 1.165) is 45.8 Å². The molecule has 3 aromatic rings. The number of nitrogens with zero attached hydrogens (tertiary/aromatic N) is 4. The molecule has 2 aliphatic rings. The Morgan fingerprint density at radius 1 is 1.18 bits per heavy atom. The third-order valence-corrected chi connectivity index (χ3v) is 6.41. The second-order valence-corrected chi connectivity index (χ2v) is 8.97. The van der Waals surface area contributed by atoms with Crippen LogP contribution in [0, 0.1) is 0 Å². The van der Waals surface area contributed by atoms with Gasteiger partial charge in [-0.1, -0.05) is 42.3 Å². The molecule has 0 spiro atoms. The summed E-state index contributed by atoms with van der Waals surface area (Å²) in [5.41, 5.74) is 5.66. The molecule has 5 heteroatoms. The molecule has 0 N–H and O–H groups in total. The molecule has 4 nitrogen and oxygen atoms in total. The number of aliphatic imine (C=N–C) groups is 1. The average molecular weight is 435 g/mol. The average Bonchev–Trinajstić information content (AvgIpc) is 3.32. The van der Waals surface area contributed by atoms with Crippen molar-refractivity contribution in [2.45, 2.75) is 51.0 Å². The molecule has 0 amide bonds. The summed E-state index contributed by atoms with van der Waals surface area (Å²) in [5.74, 6) is 1.06. The predicted molar refractivity (Wildman–Crippen MR) is 115 cm³/mol. The fraction of sp³-hybridized carbons (Fsp3) is 0.348. The molecule has 3 heterocycles. The number of hydrogen-bond donors (Lipinski definition) is 0. The quantitative estimate of drug-likeness (QED) is 0.522. The van der Waals surface area contributed by atoms with Gasteiger partial charge in [0.05, 0.1) is 17.1 Å². The van der Waals surface area contributed by atoms with Gasteiger partial charge >= 0.3 is 0 Å². The zero-order chi connectivity index (χ0) is 19.3. The highest BCUT2D eigenvalue weighted by molar-refractivity contribution is 9.10. The second-order valence-electron chi connectivity index (χ2n) is 8.06. The molecule has 1 saturated carbocycles. The molecule has 1 aromatic carbocycles. The van der Waals surface area contributed by atoms with Crippen molar-refractivity contribution in [2.24, 2.45) is 4.99 Å². The van der Waals surface area contributed by atoms with Crippen LogP contribution in [-0.4, -0.2) is 20.2 Å². The first-order valence-corrected chi connectivity index (χ1v) is 10.8. The summed E-state index contributed by atoms with van der Waals surface area (Å²) >= 11 is 3.66. The minimum atomic E-state index is 0.0317. The van der Waals surface area contributed by atoms with E-state index < -0.39 is 0 Å². The smallest absolute Gasteiger partial charge is 0.138 e. The van der Waals surface area contributed by atoms with Crippen molar-refractivity contribution in [3.05, 3.63) is 76.0 Å². The molecule has 1 aliphatic heterocycles. The zero-order valence-corrected chi connectivity index (χ0v) is 17.8. The standard InChI is InChI=1S/C23H23BrN4/c1-3-6-18-22-26-14-20(23(2)10-11-23)28(22)19-9-8-15(24)13-16(19)21(27-18)17-7-4-5-12-25-17/h4-5,7-9,12-14,18H,3,6,10-11H2,1-2H3/t18-/m0/s1. The molecule has 28 heavy (non-hydrogen) atoms. The Hall–Kier alpha value is -2.27. The molecular formula is C23H23BrN4. The van der Waals surface area contributed by atoms with Crippen LogP contribution >= 0.6 is 15.9 Å². The van der Waals surface area contributed by atoms with Gasteiger partial charge in [0.2, 0.25) is 0 Å². The minimum absolute atomic E-state index is 0.0317. The van der Waals surface area contributed by atoms with Crippen molar-refractivity contribution >= 4 is 21.6 Å². The van der Waals surface area contributed by atoms with Gasteiger partial charge in [-0.2, -0.15) is 0 Å². The van der Waals surface area contributed by atoms with Gasteiger partial charge < -0.3 is 0 Å². The molecule has 0 unspecified atom stereocenters. The van der Waals surface area contributed by atoms with Crippen LogP contribution in [0.4, 0.5) is 0 Å². The van der Waals surface area contributed by atoms with Crippen LogP contribution in [0.25, 0.3) is 5.69 Å². The lowest BCUT2D eigenvalue weighted by Crippen LogP contribution is -2.14. The first-order chi connectivity index (χ1) is 13.6. The largest absolute Gasteiger partial charge is 0.298 e. The predicted octanol–water partition coefficient (Wildman–Crippen LogP) is 5.77. The summed E-state index contributed by atoms with van der Waals surface area (Å²) < 4.78 is 3.43. The van der Waals surface area contributed by atoms with Crippen LogP contribution in [-0.2, 0) is 5.41 Å². The van der Waals surface area contributed by atoms with Crippen molar-refractivity contribution in [3.8, 4) is 5.69 Å². The van der Waals surface area contributed by atoms with E-state index in [9.17, 15) is 0 Å². The Labute approximate surface area is 173 Å². The van der Waals surface area contributed by atoms with E-state index in [1.807, 2.05) is 24.4 Å². The topological polar surface area (TPSA) is 43.1 Å². The monoisotopic (exact) mass is 434 g/mol. The molecule has 1 fully saturated rings. The van der Waals surface area contributed by atoms with Crippen molar-refractivity contribution < 1.29 is 0 Å². The molecule has 1 atom stereocenters. The Bertz CT molecular complexity index is 1060. The molecular weight excluding hydrogens is 412 g/mol. The van der Waals surface area contributed by atoms with Gasteiger partial charge in [-0.05, 0) is 49.6 Å². The van der Waals surface area contributed by atoms with Crippen LogP contribution in [0.3, 0.4) is 0 Å². The maximum absolute atomic E-state index is 5.23. The van der Waals surface area contributed by atoms with Crippen LogP contribution < -0.4 is 0 Å². The number of rotatable bonds is 4. The fourth-order valence-corrected chi connectivity index (χ4v) is 4.43. The van der Waals surface area contributed by atoms with Crippen molar-refractivity contribution in [1.29, 1.82) is 0 Å². The molecule has 1 aliphatic carbocycles. The second kappa shape index (κ2) is 6.66. The summed E-state index contributed by atoms with van der Waals surface area (Å²) in [6.45, 7) is 4.55. The summed E-state index contributed by atoms with van der Waals surface area (Å²) in [7, 11) is 0. The third-order valence-electron chi connectivity index (χ3n) is 5.91. The first-order valence-electron chi connectivity index (χ1n) is 9.98. The van der Waals surface area contributed by atoms with E-state index in [-0.39, 0.29) is 11.5 Å². The Kier molecular flexibility index (Phi) is 4.23. The van der Waals surface area contributed by atoms with E-state index in [1.165, 1.54) is 18.5 Å². The molecule has 2 aromatic heterocycles. The van der Waals surface area contributed by atoms with Gasteiger partial charge in [-0.3, -0.25) is 14.5 Å². The number of fused-ring (bicyclic) bond motifs is 3. The number of benzene rings is 1. The van der Waals surface area contributed by atoms with E-state index in [1.54, 1.807) is 0 Å². The number of aromatic nitrogens is 3. The van der Waals surface area contributed by atoms with Crippen LogP contribution in [0.1, 0.15) is 68.3 Å². The summed E-state index contributed by atoms with van der Waals surface area (Å²) in [4.78, 5) is 14.7. The van der Waals surface area contributed by atoms with E-state index in [4.69, 9.17) is 9.98 Å². The van der Waals surface area contributed by atoms with Gasteiger partial charge in [-0.15, -0.1) is 0 Å². The van der Waals surface area contributed by atoms with Gasteiger partial charge in [0, 0.05) is 33.5 Å². The molecule has 0 saturated heterocycles. The van der Waals surface area contributed by atoms with Gasteiger partial charge in [0.25, 0.3) is 0 Å². The van der Waals surface area contributed by atoms with Crippen molar-refractivity contribution in [3.63, 3.8) is 0 Å². The lowest BCUT2D eigenvalue weighted by atomic mass is 10.0. The highest BCUT2D eigenvalue weighted by Gasteiger charge is 2.44. The highest BCUT2D eigenvalue weighted by atomic mass is 79.9. The summed E-state index contributed by atoms with van der Waals surface area (Å²) in [5, 5.41) is 0. The van der Waals surface area contributed by atoms with E-state index >= 15 is 0 Å². The maximum Gasteiger partial charge on any atom is 0.138 e. The molecule has 0 bridgehead atoms. The SMILES string of the molecule is CCC[C@@H]1N=C(c2ccccn2)c2cc(Br)ccc2-n2c(C3(C)CC3)cnc21. The number of halogens is 1.